The molecule has 2 fully saturated rings. The lowest BCUT2D eigenvalue weighted by Crippen LogP contribution is -2.47. The van der Waals surface area contributed by atoms with Gasteiger partial charge in [0.05, 0.1) is 19.3 Å². The first kappa shape index (κ1) is 25.9. The van der Waals surface area contributed by atoms with Crippen molar-refractivity contribution in [3.63, 3.8) is 0 Å². The quantitative estimate of drug-likeness (QED) is 0.216. The monoisotopic (exact) mass is 544 g/mol. The highest BCUT2D eigenvalue weighted by atomic mass is 127. The molecule has 1 unspecified atom stereocenters. The van der Waals surface area contributed by atoms with Crippen molar-refractivity contribution in [1.29, 1.82) is 0 Å². The van der Waals surface area contributed by atoms with E-state index in [1.54, 1.807) is 7.05 Å². The molecule has 0 spiro atoms. The Morgan fingerprint density at radius 2 is 1.97 bits per heavy atom. The summed E-state index contributed by atoms with van der Waals surface area (Å²) in [5.74, 6) is 1.46. The van der Waals surface area contributed by atoms with E-state index in [4.69, 9.17) is 9.47 Å². The molecule has 0 radical (unpaired) electrons. The highest BCUT2D eigenvalue weighted by Gasteiger charge is 2.23. The molecule has 8 heteroatoms. The molecule has 1 atom stereocenters. The SMILES string of the molecule is CN=C(NCCCOC1CCOC1)NCC(=O)N1CCC(Cc2ccccc2)CC1.I. The fourth-order valence-electron chi connectivity index (χ4n) is 4.00. The van der Waals surface area contributed by atoms with Gasteiger partial charge in [-0.25, -0.2) is 0 Å². The highest BCUT2D eigenvalue weighted by molar-refractivity contribution is 14.0. The number of hydrogen-bond acceptors (Lipinski definition) is 4. The Labute approximate surface area is 203 Å². The Hall–Kier alpha value is -1.39. The van der Waals surface area contributed by atoms with Crippen molar-refractivity contribution in [2.45, 2.75) is 38.2 Å². The van der Waals surface area contributed by atoms with Crippen LogP contribution in [0.25, 0.3) is 0 Å². The van der Waals surface area contributed by atoms with Crippen LogP contribution in [0.1, 0.15) is 31.2 Å². The number of nitrogens with zero attached hydrogens (tertiary/aromatic N) is 2. The number of piperidine rings is 1. The number of guanidine groups is 1. The van der Waals surface area contributed by atoms with E-state index in [9.17, 15) is 4.79 Å². The Balaban J connectivity index is 0.00000341. The molecule has 2 aliphatic rings. The zero-order valence-corrected chi connectivity index (χ0v) is 20.9. The first-order valence-electron chi connectivity index (χ1n) is 11.2. The summed E-state index contributed by atoms with van der Waals surface area (Å²) in [6.45, 7) is 4.93. The fourth-order valence-corrected chi connectivity index (χ4v) is 4.00. The fraction of sp³-hybridized carbons (Fsp3) is 0.652. The predicted octanol–water partition coefficient (Wildman–Crippen LogP) is 2.45. The third kappa shape index (κ3) is 9.33. The van der Waals surface area contributed by atoms with Gasteiger partial charge in [0.2, 0.25) is 5.91 Å². The zero-order valence-electron chi connectivity index (χ0n) is 18.6. The summed E-state index contributed by atoms with van der Waals surface area (Å²) in [4.78, 5) is 18.7. The van der Waals surface area contributed by atoms with E-state index in [-0.39, 0.29) is 42.5 Å². The number of aliphatic imine (C=N–C) groups is 1. The second-order valence-electron chi connectivity index (χ2n) is 8.08. The van der Waals surface area contributed by atoms with Crippen molar-refractivity contribution < 1.29 is 14.3 Å². The first-order chi connectivity index (χ1) is 14.7. The number of nitrogens with one attached hydrogen (secondary N) is 2. The minimum Gasteiger partial charge on any atom is -0.379 e. The lowest BCUT2D eigenvalue weighted by Gasteiger charge is -2.32. The minimum atomic E-state index is 0. The van der Waals surface area contributed by atoms with Gasteiger partial charge in [0, 0.05) is 39.9 Å². The molecular formula is C23H37IN4O3. The number of carbonyl (C=O) groups excluding carboxylic acids is 1. The maximum absolute atomic E-state index is 12.6. The van der Waals surface area contributed by atoms with Gasteiger partial charge in [-0.05, 0) is 43.6 Å². The number of rotatable bonds is 9. The van der Waals surface area contributed by atoms with Crippen LogP contribution < -0.4 is 10.6 Å². The molecule has 1 aromatic carbocycles. The van der Waals surface area contributed by atoms with E-state index in [1.807, 2.05) is 4.90 Å². The van der Waals surface area contributed by atoms with Crippen LogP contribution in [0.15, 0.2) is 35.3 Å². The Morgan fingerprint density at radius 3 is 2.65 bits per heavy atom. The molecule has 31 heavy (non-hydrogen) atoms. The largest absolute Gasteiger partial charge is 0.379 e. The second-order valence-corrected chi connectivity index (χ2v) is 8.08. The molecule has 7 nitrogen and oxygen atoms in total. The summed E-state index contributed by atoms with van der Waals surface area (Å²) >= 11 is 0. The topological polar surface area (TPSA) is 75.2 Å². The van der Waals surface area contributed by atoms with Gasteiger partial charge in [-0.3, -0.25) is 9.79 Å². The van der Waals surface area contributed by atoms with Crippen LogP contribution in [0.3, 0.4) is 0 Å². The lowest BCUT2D eigenvalue weighted by molar-refractivity contribution is -0.131. The van der Waals surface area contributed by atoms with Crippen LogP contribution in [-0.2, 0) is 20.7 Å². The smallest absolute Gasteiger partial charge is 0.241 e. The molecule has 0 saturated carbocycles. The number of carbonyl (C=O) groups is 1. The van der Waals surface area contributed by atoms with E-state index in [0.29, 0.717) is 25.1 Å². The van der Waals surface area contributed by atoms with Crippen LogP contribution >= 0.6 is 24.0 Å². The predicted molar refractivity (Wildman–Crippen MR) is 134 cm³/mol. The van der Waals surface area contributed by atoms with Gasteiger partial charge >= 0.3 is 0 Å². The van der Waals surface area contributed by atoms with Crippen molar-refractivity contribution >= 4 is 35.8 Å². The third-order valence-electron chi connectivity index (χ3n) is 5.82. The minimum absolute atomic E-state index is 0. The van der Waals surface area contributed by atoms with Crippen molar-refractivity contribution in [1.82, 2.24) is 15.5 Å². The molecule has 174 valence electrons. The van der Waals surface area contributed by atoms with Gasteiger partial charge in [-0.15, -0.1) is 24.0 Å². The van der Waals surface area contributed by atoms with Gasteiger partial charge in [-0.2, -0.15) is 0 Å². The Morgan fingerprint density at radius 1 is 1.19 bits per heavy atom. The van der Waals surface area contributed by atoms with Gasteiger partial charge in [-0.1, -0.05) is 30.3 Å². The van der Waals surface area contributed by atoms with E-state index in [2.05, 4.69) is 46.0 Å². The van der Waals surface area contributed by atoms with Crippen molar-refractivity contribution in [2.24, 2.45) is 10.9 Å². The summed E-state index contributed by atoms with van der Waals surface area (Å²) in [7, 11) is 1.72. The Kier molecular flexibility index (Phi) is 12.2. The molecule has 2 heterocycles. The van der Waals surface area contributed by atoms with Crippen LogP contribution in [0.5, 0.6) is 0 Å². The molecule has 3 rings (SSSR count). The van der Waals surface area contributed by atoms with E-state index < -0.39 is 0 Å². The average Bonchev–Trinajstić information content (AvgIpc) is 3.30. The average molecular weight is 544 g/mol. The molecule has 2 N–H and O–H groups in total. The van der Waals surface area contributed by atoms with E-state index in [1.165, 1.54) is 5.56 Å². The van der Waals surface area contributed by atoms with Crippen molar-refractivity contribution in [3.8, 4) is 0 Å². The van der Waals surface area contributed by atoms with Crippen molar-refractivity contribution in [3.05, 3.63) is 35.9 Å². The van der Waals surface area contributed by atoms with Crippen LogP contribution in [0.2, 0.25) is 0 Å². The van der Waals surface area contributed by atoms with E-state index >= 15 is 0 Å². The lowest BCUT2D eigenvalue weighted by atomic mass is 9.90. The summed E-state index contributed by atoms with van der Waals surface area (Å²) < 4.78 is 11.1. The summed E-state index contributed by atoms with van der Waals surface area (Å²) in [6, 6.07) is 10.6. The summed E-state index contributed by atoms with van der Waals surface area (Å²) in [6.07, 6.45) is 5.37. The highest BCUT2D eigenvalue weighted by Crippen LogP contribution is 2.21. The van der Waals surface area contributed by atoms with Crippen LogP contribution in [0.4, 0.5) is 0 Å². The van der Waals surface area contributed by atoms with Gasteiger partial charge in [0.15, 0.2) is 5.96 Å². The summed E-state index contributed by atoms with van der Waals surface area (Å²) in [5.41, 5.74) is 1.39. The number of likely N-dealkylation sites (tertiary alicyclic amines) is 1. The second kappa shape index (κ2) is 14.6. The molecule has 1 aromatic rings. The first-order valence-corrected chi connectivity index (χ1v) is 11.2. The molecule has 1 amide bonds. The molecule has 2 saturated heterocycles. The van der Waals surface area contributed by atoms with E-state index in [0.717, 1.165) is 58.3 Å². The van der Waals surface area contributed by atoms with Crippen LogP contribution in [-0.4, -0.2) is 75.9 Å². The standard InChI is InChI=1S/C23H36N4O3.HI/c1-24-23(25-11-5-14-30-21-10-15-29-18-21)26-17-22(28)27-12-8-20(9-13-27)16-19-6-3-2-4-7-19;/h2-4,6-7,20-21H,5,8-18H2,1H3,(H2,24,25,26);1H. The maximum atomic E-state index is 12.6. The van der Waals surface area contributed by atoms with Crippen LogP contribution in [0, 0.1) is 5.92 Å². The normalized spacial score (nSPS) is 19.7. The number of ether oxygens (including phenoxy) is 2. The van der Waals surface area contributed by atoms with Gasteiger partial charge < -0.3 is 25.0 Å². The van der Waals surface area contributed by atoms with Gasteiger partial charge in [0.1, 0.15) is 0 Å². The molecule has 2 aliphatic heterocycles. The molecular weight excluding hydrogens is 507 g/mol. The number of hydrogen-bond donors (Lipinski definition) is 2. The number of benzene rings is 1. The molecule has 0 aromatic heterocycles. The third-order valence-corrected chi connectivity index (χ3v) is 5.82. The summed E-state index contributed by atoms with van der Waals surface area (Å²) in [5, 5.41) is 6.38. The molecule has 0 bridgehead atoms. The Bertz CT molecular complexity index is 660. The zero-order chi connectivity index (χ0) is 21.0. The maximum Gasteiger partial charge on any atom is 0.241 e. The number of halogens is 1. The number of amides is 1. The van der Waals surface area contributed by atoms with Gasteiger partial charge in [0.25, 0.3) is 0 Å². The molecule has 0 aliphatic carbocycles. The van der Waals surface area contributed by atoms with Crippen molar-refractivity contribution in [2.75, 3.05) is 53.0 Å².